The van der Waals surface area contributed by atoms with E-state index in [1.54, 1.807) is 0 Å². The van der Waals surface area contributed by atoms with Gasteiger partial charge in [0, 0.05) is 40.1 Å². The molecule has 0 unspecified atom stereocenters. The number of aromatic nitrogens is 1. The molecule has 2 aromatic rings. The van der Waals surface area contributed by atoms with Crippen LogP contribution in [0.1, 0.15) is 19.8 Å². The van der Waals surface area contributed by atoms with E-state index in [9.17, 15) is 0 Å². The molecule has 1 fully saturated rings. The van der Waals surface area contributed by atoms with Crippen molar-refractivity contribution in [1.29, 1.82) is 0 Å². The molecule has 1 aromatic carbocycles. The molecule has 3 rings (SSSR count). The number of fused-ring (bicyclic) bond motifs is 1. The third-order valence-electron chi connectivity index (χ3n) is 3.29. The highest BCUT2D eigenvalue weighted by Gasteiger charge is 2.37. The minimum Gasteiger partial charge on any atom is -0.398 e. The fraction of sp³-hybridized carbons (Fsp3) is 0.308. The second-order valence-electron chi connectivity index (χ2n) is 4.81. The Hall–Kier alpha value is -1.77. The summed E-state index contributed by atoms with van der Waals surface area (Å²) in [6.07, 6.45) is 6.11. The second kappa shape index (κ2) is 3.11. The number of rotatable bonds is 2. The Morgan fingerprint density at radius 3 is 2.81 bits per heavy atom. The van der Waals surface area contributed by atoms with Crippen molar-refractivity contribution in [3.8, 4) is 0 Å². The van der Waals surface area contributed by atoms with Crippen LogP contribution in [0.25, 0.3) is 10.8 Å². The van der Waals surface area contributed by atoms with Gasteiger partial charge in [-0.25, -0.2) is 0 Å². The number of hydrogen-bond donors (Lipinski definition) is 2. The predicted octanol–water partition coefficient (Wildman–Crippen LogP) is 2.78. The van der Waals surface area contributed by atoms with Gasteiger partial charge in [0.2, 0.25) is 0 Å². The second-order valence-corrected chi connectivity index (χ2v) is 4.81. The summed E-state index contributed by atoms with van der Waals surface area (Å²) >= 11 is 0. The standard InChI is InChI=1S/C13H15N3/c1-13(5-6-13)16-12-3-2-11(14)10-8-15-7-4-9(10)12/h2-4,7-8,16H,5-6,14H2,1H3. The average molecular weight is 213 g/mol. The fourth-order valence-electron chi connectivity index (χ4n) is 1.96. The average Bonchev–Trinajstić information content (AvgIpc) is 3.01. The molecule has 0 radical (unpaired) electrons. The van der Waals surface area contributed by atoms with Crippen LogP contribution in [0.3, 0.4) is 0 Å². The van der Waals surface area contributed by atoms with E-state index in [2.05, 4.69) is 23.3 Å². The monoisotopic (exact) mass is 213 g/mol. The fourth-order valence-corrected chi connectivity index (χ4v) is 1.96. The third-order valence-corrected chi connectivity index (χ3v) is 3.29. The molecule has 0 bridgehead atoms. The maximum atomic E-state index is 5.94. The lowest BCUT2D eigenvalue weighted by Gasteiger charge is -2.16. The van der Waals surface area contributed by atoms with Crippen LogP contribution in [0.2, 0.25) is 0 Å². The first kappa shape index (κ1) is 9.46. The summed E-state index contributed by atoms with van der Waals surface area (Å²) < 4.78 is 0. The number of nitrogens with two attached hydrogens (primary N) is 1. The van der Waals surface area contributed by atoms with E-state index in [0.717, 1.165) is 22.1 Å². The van der Waals surface area contributed by atoms with Gasteiger partial charge < -0.3 is 11.1 Å². The van der Waals surface area contributed by atoms with Gasteiger partial charge in [0.25, 0.3) is 0 Å². The van der Waals surface area contributed by atoms with Crippen LogP contribution in [-0.4, -0.2) is 10.5 Å². The molecule has 82 valence electrons. The molecule has 3 nitrogen and oxygen atoms in total. The van der Waals surface area contributed by atoms with Crippen molar-refractivity contribution in [2.45, 2.75) is 25.3 Å². The van der Waals surface area contributed by atoms with Gasteiger partial charge in [0.05, 0.1) is 0 Å². The number of anilines is 2. The number of hydrogen-bond acceptors (Lipinski definition) is 3. The Bertz CT molecular complexity index is 544. The van der Waals surface area contributed by atoms with Gasteiger partial charge in [0.1, 0.15) is 0 Å². The van der Waals surface area contributed by atoms with E-state index in [1.807, 2.05) is 24.5 Å². The highest BCUT2D eigenvalue weighted by Crippen LogP contribution is 2.40. The zero-order valence-electron chi connectivity index (χ0n) is 9.33. The topological polar surface area (TPSA) is 50.9 Å². The van der Waals surface area contributed by atoms with Crippen LogP contribution in [0.5, 0.6) is 0 Å². The molecule has 1 saturated carbocycles. The van der Waals surface area contributed by atoms with E-state index in [0.29, 0.717) is 0 Å². The Kier molecular flexibility index (Phi) is 1.84. The van der Waals surface area contributed by atoms with Crippen LogP contribution in [0.15, 0.2) is 30.6 Å². The van der Waals surface area contributed by atoms with E-state index in [-0.39, 0.29) is 5.54 Å². The van der Waals surface area contributed by atoms with Crippen LogP contribution >= 0.6 is 0 Å². The molecule has 0 spiro atoms. The predicted molar refractivity (Wildman–Crippen MR) is 67.4 cm³/mol. The minimum absolute atomic E-state index is 0.284. The molecule has 3 heteroatoms. The molecule has 0 saturated heterocycles. The van der Waals surface area contributed by atoms with E-state index < -0.39 is 0 Å². The van der Waals surface area contributed by atoms with Gasteiger partial charge in [-0.15, -0.1) is 0 Å². The molecule has 1 aliphatic rings. The van der Waals surface area contributed by atoms with Crippen molar-refractivity contribution < 1.29 is 0 Å². The smallest absolute Gasteiger partial charge is 0.0426 e. The Balaban J connectivity index is 2.14. The maximum absolute atomic E-state index is 5.94. The lowest BCUT2D eigenvalue weighted by atomic mass is 10.1. The maximum Gasteiger partial charge on any atom is 0.0426 e. The first-order chi connectivity index (χ1) is 7.68. The lowest BCUT2D eigenvalue weighted by Crippen LogP contribution is -2.16. The molecule has 1 heterocycles. The molecule has 1 aromatic heterocycles. The lowest BCUT2D eigenvalue weighted by molar-refractivity contribution is 0.831. The SMILES string of the molecule is CC1(Nc2ccc(N)c3cnccc23)CC1. The van der Waals surface area contributed by atoms with E-state index >= 15 is 0 Å². The van der Waals surface area contributed by atoms with Crippen molar-refractivity contribution >= 4 is 22.1 Å². The van der Waals surface area contributed by atoms with Gasteiger partial charge >= 0.3 is 0 Å². The number of pyridine rings is 1. The Labute approximate surface area is 94.7 Å². The highest BCUT2D eigenvalue weighted by atomic mass is 15.0. The van der Waals surface area contributed by atoms with E-state index in [4.69, 9.17) is 5.73 Å². The van der Waals surface area contributed by atoms with Crippen molar-refractivity contribution in [2.75, 3.05) is 11.1 Å². The van der Waals surface area contributed by atoms with Crippen LogP contribution in [0, 0.1) is 0 Å². The van der Waals surface area contributed by atoms with Crippen LogP contribution in [0.4, 0.5) is 11.4 Å². The molecule has 0 aliphatic heterocycles. The van der Waals surface area contributed by atoms with Crippen molar-refractivity contribution in [1.82, 2.24) is 4.98 Å². The van der Waals surface area contributed by atoms with Gasteiger partial charge in [-0.1, -0.05) is 0 Å². The molecule has 0 amide bonds. The summed E-state index contributed by atoms with van der Waals surface area (Å²) in [5, 5.41) is 5.76. The van der Waals surface area contributed by atoms with Gasteiger partial charge in [-0.3, -0.25) is 4.98 Å². The minimum atomic E-state index is 0.284. The van der Waals surface area contributed by atoms with Gasteiger partial charge in [-0.05, 0) is 38.0 Å². The molecule has 1 aliphatic carbocycles. The molecule has 3 N–H and O–H groups in total. The number of nitrogen functional groups attached to an aromatic ring is 1. The Morgan fingerprint density at radius 2 is 2.06 bits per heavy atom. The highest BCUT2D eigenvalue weighted by molar-refractivity contribution is 6.00. The van der Waals surface area contributed by atoms with Crippen LogP contribution < -0.4 is 11.1 Å². The summed E-state index contributed by atoms with van der Waals surface area (Å²) in [5.41, 5.74) is 8.17. The summed E-state index contributed by atoms with van der Waals surface area (Å²) in [5.74, 6) is 0. The van der Waals surface area contributed by atoms with E-state index in [1.165, 1.54) is 12.8 Å². The molecule has 16 heavy (non-hydrogen) atoms. The summed E-state index contributed by atoms with van der Waals surface area (Å²) in [7, 11) is 0. The zero-order chi connectivity index (χ0) is 11.2. The van der Waals surface area contributed by atoms with Crippen LogP contribution in [-0.2, 0) is 0 Å². The van der Waals surface area contributed by atoms with Crippen molar-refractivity contribution in [3.63, 3.8) is 0 Å². The van der Waals surface area contributed by atoms with Gasteiger partial charge in [-0.2, -0.15) is 0 Å². The van der Waals surface area contributed by atoms with Crippen molar-refractivity contribution in [2.24, 2.45) is 0 Å². The number of nitrogens with one attached hydrogen (secondary N) is 1. The Morgan fingerprint density at radius 1 is 1.25 bits per heavy atom. The zero-order valence-corrected chi connectivity index (χ0v) is 9.33. The number of nitrogens with zero attached hydrogens (tertiary/aromatic N) is 1. The normalized spacial score (nSPS) is 17.3. The summed E-state index contributed by atoms with van der Waals surface area (Å²) in [6, 6.07) is 6.01. The first-order valence-corrected chi connectivity index (χ1v) is 5.58. The quantitative estimate of drug-likeness (QED) is 0.754. The van der Waals surface area contributed by atoms with Crippen molar-refractivity contribution in [3.05, 3.63) is 30.6 Å². The summed E-state index contributed by atoms with van der Waals surface area (Å²) in [4.78, 5) is 4.12. The third kappa shape index (κ3) is 1.48. The van der Waals surface area contributed by atoms with Gasteiger partial charge in [0.15, 0.2) is 0 Å². The number of benzene rings is 1. The molecular weight excluding hydrogens is 198 g/mol. The summed E-state index contributed by atoms with van der Waals surface area (Å²) in [6.45, 7) is 2.25. The first-order valence-electron chi connectivity index (χ1n) is 5.58. The molecule has 0 atom stereocenters. The molecular formula is C13H15N3. The largest absolute Gasteiger partial charge is 0.398 e.